The van der Waals surface area contributed by atoms with Crippen LogP contribution in [0.15, 0.2) is 24.8 Å². The molecule has 0 aliphatic heterocycles. The van der Waals surface area contributed by atoms with Crippen LogP contribution in [0, 0.1) is 5.41 Å². The van der Waals surface area contributed by atoms with Gasteiger partial charge in [0.15, 0.2) is 11.5 Å². The quantitative estimate of drug-likeness (QED) is 0.887. The van der Waals surface area contributed by atoms with Crippen LogP contribution in [0.25, 0.3) is 0 Å². The number of carbonyl (C=O) groups excluding carboxylic acids is 1. The Bertz CT molecular complexity index is 643. The molecule has 0 aliphatic rings. The molecule has 2 heterocycles. The number of aryl methyl sites for hydroxylation is 1. The molecule has 2 aromatic heterocycles. The van der Waals surface area contributed by atoms with Crippen molar-refractivity contribution >= 4 is 11.7 Å². The average molecular weight is 288 g/mol. The van der Waals surface area contributed by atoms with Crippen molar-refractivity contribution in [1.82, 2.24) is 25.1 Å². The molecule has 7 heteroatoms. The van der Waals surface area contributed by atoms with E-state index in [9.17, 15) is 4.79 Å². The highest BCUT2D eigenvalue weighted by molar-refractivity contribution is 5.96. The summed E-state index contributed by atoms with van der Waals surface area (Å²) in [5, 5.41) is 7.13. The molecule has 2 aromatic rings. The van der Waals surface area contributed by atoms with Gasteiger partial charge in [-0.05, 0) is 5.41 Å². The van der Waals surface area contributed by atoms with Crippen LogP contribution in [-0.4, -0.2) is 25.7 Å². The average Bonchev–Trinajstić information content (AvgIpc) is 2.81. The third kappa shape index (κ3) is 3.36. The number of nitrogens with one attached hydrogen (secondary N) is 1. The summed E-state index contributed by atoms with van der Waals surface area (Å²) < 4.78 is 1.71. The second kappa shape index (κ2) is 5.51. The van der Waals surface area contributed by atoms with Gasteiger partial charge < -0.3 is 11.1 Å². The lowest BCUT2D eigenvalue weighted by atomic mass is 9.83. The summed E-state index contributed by atoms with van der Waals surface area (Å²) in [5.74, 6) is -0.224. The fourth-order valence-corrected chi connectivity index (χ4v) is 2.11. The fourth-order valence-electron chi connectivity index (χ4n) is 2.11. The predicted molar refractivity (Wildman–Crippen MR) is 79.3 cm³/mol. The molecule has 112 valence electrons. The van der Waals surface area contributed by atoms with Gasteiger partial charge in [-0.15, -0.1) is 0 Å². The Kier molecular flexibility index (Phi) is 3.93. The molecule has 21 heavy (non-hydrogen) atoms. The molecular weight excluding hydrogens is 268 g/mol. The van der Waals surface area contributed by atoms with Crippen molar-refractivity contribution in [3.8, 4) is 0 Å². The van der Waals surface area contributed by atoms with Crippen LogP contribution in [-0.2, 0) is 7.05 Å². The molecule has 0 saturated carbocycles. The lowest BCUT2D eigenvalue weighted by Crippen LogP contribution is -2.37. The zero-order valence-corrected chi connectivity index (χ0v) is 12.7. The van der Waals surface area contributed by atoms with E-state index >= 15 is 0 Å². The molecule has 0 bridgehead atoms. The van der Waals surface area contributed by atoms with E-state index in [-0.39, 0.29) is 28.9 Å². The molecule has 1 amide bonds. The SMILES string of the molecule is Cn1cc(C(NC(=O)c2nccnc2N)C(C)(C)C)cn1. The maximum atomic E-state index is 12.4. The number of hydrogen-bond acceptors (Lipinski definition) is 5. The van der Waals surface area contributed by atoms with E-state index in [0.717, 1.165) is 5.56 Å². The molecule has 1 unspecified atom stereocenters. The van der Waals surface area contributed by atoms with Crippen molar-refractivity contribution in [2.45, 2.75) is 26.8 Å². The summed E-state index contributed by atoms with van der Waals surface area (Å²) in [6.45, 7) is 6.14. The number of aromatic nitrogens is 4. The van der Waals surface area contributed by atoms with E-state index in [1.807, 2.05) is 34.0 Å². The summed E-state index contributed by atoms with van der Waals surface area (Å²) in [7, 11) is 1.84. The van der Waals surface area contributed by atoms with E-state index < -0.39 is 0 Å². The van der Waals surface area contributed by atoms with Crippen molar-refractivity contribution in [3.63, 3.8) is 0 Å². The first-order chi connectivity index (χ1) is 9.79. The van der Waals surface area contributed by atoms with Gasteiger partial charge in [-0.3, -0.25) is 9.48 Å². The molecule has 1 atom stereocenters. The lowest BCUT2D eigenvalue weighted by Gasteiger charge is -2.30. The van der Waals surface area contributed by atoms with Crippen LogP contribution in [0.1, 0.15) is 42.9 Å². The zero-order chi connectivity index (χ0) is 15.6. The molecule has 2 rings (SSSR count). The Morgan fingerprint density at radius 1 is 1.33 bits per heavy atom. The number of anilines is 1. The number of nitrogen functional groups attached to an aromatic ring is 1. The molecule has 0 spiro atoms. The smallest absolute Gasteiger partial charge is 0.274 e. The highest BCUT2D eigenvalue weighted by Crippen LogP contribution is 2.32. The van der Waals surface area contributed by atoms with Gasteiger partial charge in [0.05, 0.1) is 12.2 Å². The highest BCUT2D eigenvalue weighted by Gasteiger charge is 2.30. The van der Waals surface area contributed by atoms with Crippen molar-refractivity contribution in [2.24, 2.45) is 12.5 Å². The molecule has 0 aromatic carbocycles. The second-order valence-electron chi connectivity index (χ2n) is 6.01. The normalized spacial score (nSPS) is 13.0. The van der Waals surface area contributed by atoms with Crippen molar-refractivity contribution in [2.75, 3.05) is 5.73 Å². The fraction of sp³-hybridized carbons (Fsp3) is 0.429. The van der Waals surface area contributed by atoms with E-state index in [0.29, 0.717) is 0 Å². The zero-order valence-electron chi connectivity index (χ0n) is 12.7. The Morgan fingerprint density at radius 2 is 2.00 bits per heavy atom. The first-order valence-corrected chi connectivity index (χ1v) is 6.65. The first kappa shape index (κ1) is 15.0. The number of nitrogens with zero attached hydrogens (tertiary/aromatic N) is 4. The summed E-state index contributed by atoms with van der Waals surface area (Å²) in [5.41, 5.74) is 6.58. The maximum absolute atomic E-state index is 12.4. The van der Waals surface area contributed by atoms with Gasteiger partial charge >= 0.3 is 0 Å². The number of nitrogens with two attached hydrogens (primary N) is 1. The number of carbonyl (C=O) groups is 1. The summed E-state index contributed by atoms with van der Waals surface area (Å²) in [4.78, 5) is 20.3. The summed E-state index contributed by atoms with van der Waals surface area (Å²) in [6, 6.07) is -0.208. The molecule has 0 aliphatic carbocycles. The monoisotopic (exact) mass is 288 g/mol. The Balaban J connectivity index is 2.28. The van der Waals surface area contributed by atoms with Crippen LogP contribution in [0.2, 0.25) is 0 Å². The third-order valence-corrected chi connectivity index (χ3v) is 3.14. The molecular formula is C14H20N6O. The van der Waals surface area contributed by atoms with Crippen LogP contribution < -0.4 is 11.1 Å². The van der Waals surface area contributed by atoms with E-state index in [1.54, 1.807) is 10.9 Å². The molecule has 3 N–H and O–H groups in total. The Hall–Kier alpha value is -2.44. The minimum Gasteiger partial charge on any atom is -0.382 e. The number of amides is 1. The Morgan fingerprint density at radius 3 is 2.52 bits per heavy atom. The van der Waals surface area contributed by atoms with Crippen molar-refractivity contribution < 1.29 is 4.79 Å². The van der Waals surface area contributed by atoms with Gasteiger partial charge in [-0.2, -0.15) is 5.10 Å². The lowest BCUT2D eigenvalue weighted by molar-refractivity contribution is 0.0897. The van der Waals surface area contributed by atoms with Crippen LogP contribution in [0.5, 0.6) is 0 Å². The first-order valence-electron chi connectivity index (χ1n) is 6.65. The predicted octanol–water partition coefficient (Wildman–Crippen LogP) is 1.31. The highest BCUT2D eigenvalue weighted by atomic mass is 16.2. The van der Waals surface area contributed by atoms with E-state index in [4.69, 9.17) is 5.73 Å². The minimum absolute atomic E-state index is 0.119. The van der Waals surface area contributed by atoms with Crippen LogP contribution in [0.4, 0.5) is 5.82 Å². The van der Waals surface area contributed by atoms with Gasteiger partial charge in [-0.25, -0.2) is 9.97 Å². The summed E-state index contributed by atoms with van der Waals surface area (Å²) in [6.07, 6.45) is 6.53. The van der Waals surface area contributed by atoms with Crippen molar-refractivity contribution in [1.29, 1.82) is 0 Å². The molecule has 7 nitrogen and oxygen atoms in total. The van der Waals surface area contributed by atoms with E-state index in [1.165, 1.54) is 12.4 Å². The van der Waals surface area contributed by atoms with E-state index in [2.05, 4.69) is 20.4 Å². The number of rotatable bonds is 3. The van der Waals surface area contributed by atoms with Crippen LogP contribution >= 0.6 is 0 Å². The minimum atomic E-state index is -0.343. The topological polar surface area (TPSA) is 98.7 Å². The molecule has 0 fully saturated rings. The molecule has 0 radical (unpaired) electrons. The van der Waals surface area contributed by atoms with Gasteiger partial charge in [0.2, 0.25) is 0 Å². The van der Waals surface area contributed by atoms with Gasteiger partial charge in [0.25, 0.3) is 5.91 Å². The summed E-state index contributed by atoms with van der Waals surface area (Å²) >= 11 is 0. The third-order valence-electron chi connectivity index (χ3n) is 3.14. The van der Waals surface area contributed by atoms with Gasteiger partial charge in [0.1, 0.15) is 0 Å². The molecule has 0 saturated heterocycles. The van der Waals surface area contributed by atoms with Crippen LogP contribution in [0.3, 0.4) is 0 Å². The largest absolute Gasteiger partial charge is 0.382 e. The number of hydrogen-bond donors (Lipinski definition) is 2. The Labute approximate surface area is 123 Å². The second-order valence-corrected chi connectivity index (χ2v) is 6.01. The van der Waals surface area contributed by atoms with Gasteiger partial charge in [0, 0.05) is 31.2 Å². The maximum Gasteiger partial charge on any atom is 0.274 e. The van der Waals surface area contributed by atoms with Crippen molar-refractivity contribution in [3.05, 3.63) is 36.0 Å². The standard InChI is InChI=1S/C14H20N6O/c1-14(2,3)11(9-7-18-20(4)8-9)19-13(21)10-12(15)17-6-5-16-10/h5-8,11H,1-4H3,(H2,15,17)(H,19,21). The van der Waals surface area contributed by atoms with Gasteiger partial charge in [-0.1, -0.05) is 20.8 Å².